The third-order valence-electron chi connectivity index (χ3n) is 13.2. The van der Waals surface area contributed by atoms with Gasteiger partial charge in [-0.3, -0.25) is 19.2 Å². The van der Waals surface area contributed by atoms with Crippen LogP contribution in [0, 0.1) is 29.1 Å². The lowest BCUT2D eigenvalue weighted by Gasteiger charge is -2.62. The first-order valence-corrected chi connectivity index (χ1v) is 19.4. The van der Waals surface area contributed by atoms with Gasteiger partial charge in [-0.25, -0.2) is 0 Å². The zero-order valence-electron chi connectivity index (χ0n) is 32.7. The molecule has 0 aromatic heterocycles. The molecule has 9 atom stereocenters. The Morgan fingerprint density at radius 3 is 2.48 bits per heavy atom. The fourth-order valence-corrected chi connectivity index (χ4v) is 9.71. The van der Waals surface area contributed by atoms with Crippen LogP contribution in [0.4, 0.5) is 5.69 Å². The number of aliphatic hydroxyl groups excluding tert-OH is 2. The van der Waals surface area contributed by atoms with Gasteiger partial charge < -0.3 is 39.7 Å². The van der Waals surface area contributed by atoms with Crippen LogP contribution in [0.5, 0.6) is 5.75 Å². The molecule has 3 amide bonds. The van der Waals surface area contributed by atoms with E-state index >= 15 is 0 Å². The Kier molecular flexibility index (Phi) is 10.7. The van der Waals surface area contributed by atoms with Gasteiger partial charge in [-0.05, 0) is 66.7 Å². The number of amides is 3. The van der Waals surface area contributed by atoms with Crippen LogP contribution < -0.4 is 15.0 Å². The van der Waals surface area contributed by atoms with E-state index in [1.165, 1.54) is 6.42 Å². The first kappa shape index (κ1) is 38.5. The summed E-state index contributed by atoms with van der Waals surface area (Å²) in [6.07, 6.45) is 0.427. The quantitative estimate of drug-likeness (QED) is 0.294. The number of nitrogens with one attached hydrogen (secondary N) is 1. The number of morpholine rings is 1. The van der Waals surface area contributed by atoms with Gasteiger partial charge in [-0.2, -0.15) is 5.06 Å². The van der Waals surface area contributed by atoms with E-state index in [4.69, 9.17) is 14.3 Å². The van der Waals surface area contributed by atoms with Crippen LogP contribution in [0.1, 0.15) is 56.5 Å². The summed E-state index contributed by atoms with van der Waals surface area (Å²) in [5, 5.41) is 26.2. The molecule has 8 rings (SSSR count). The molecule has 0 radical (unpaired) electrons. The van der Waals surface area contributed by atoms with Crippen molar-refractivity contribution in [1.29, 1.82) is 0 Å². The molecule has 3 N–H and O–H groups in total. The van der Waals surface area contributed by atoms with Gasteiger partial charge >= 0.3 is 0 Å². The summed E-state index contributed by atoms with van der Waals surface area (Å²) in [7, 11) is 5.41. The highest BCUT2D eigenvalue weighted by Gasteiger charge is 2.57. The van der Waals surface area contributed by atoms with E-state index in [1.807, 2.05) is 55.4 Å². The molecule has 13 nitrogen and oxygen atoms in total. The lowest BCUT2D eigenvalue weighted by atomic mass is 9.45. The summed E-state index contributed by atoms with van der Waals surface area (Å²) in [4.78, 5) is 52.8. The number of aliphatic hydroxyl groups is 2. The van der Waals surface area contributed by atoms with E-state index in [1.54, 1.807) is 28.9 Å². The lowest BCUT2D eigenvalue weighted by molar-refractivity contribution is -0.183. The zero-order chi connectivity index (χ0) is 38.6. The van der Waals surface area contributed by atoms with Crippen LogP contribution in [0.3, 0.4) is 0 Å². The summed E-state index contributed by atoms with van der Waals surface area (Å²) >= 11 is 0. The molecule has 2 aromatic rings. The Morgan fingerprint density at radius 2 is 1.85 bits per heavy atom. The predicted octanol–water partition coefficient (Wildman–Crippen LogP) is 2.77. The number of methoxy groups -OCH3 is 1. The Labute approximate surface area is 318 Å². The molecule has 13 heteroatoms. The molecule has 2 bridgehead atoms. The fourth-order valence-electron chi connectivity index (χ4n) is 9.71. The van der Waals surface area contributed by atoms with Gasteiger partial charge in [0.05, 0.1) is 46.1 Å². The second-order valence-corrected chi connectivity index (χ2v) is 16.8. The van der Waals surface area contributed by atoms with Gasteiger partial charge in [0.2, 0.25) is 11.8 Å². The molecule has 2 aromatic carbocycles. The van der Waals surface area contributed by atoms with Crippen molar-refractivity contribution in [3.05, 3.63) is 47.5 Å². The molecule has 3 heterocycles. The number of hydroxylamine groups is 2. The number of nitrogens with zero attached hydrogens (tertiary/aromatic N) is 4. The molecule has 0 unspecified atom stereocenters. The van der Waals surface area contributed by atoms with Crippen LogP contribution in [-0.2, 0) is 25.7 Å². The number of benzene rings is 2. The molecule has 6 aliphatic rings. The largest absolute Gasteiger partial charge is 0.496 e. The minimum absolute atomic E-state index is 0.0254. The number of carbonyl (C=O) groups is 3. The lowest BCUT2D eigenvalue weighted by Crippen LogP contribution is -2.62. The minimum atomic E-state index is -0.914. The maximum absolute atomic E-state index is 14.3. The van der Waals surface area contributed by atoms with Crippen molar-refractivity contribution in [2.45, 2.75) is 77.4 Å². The normalized spacial score (nSPS) is 30.7. The SMILES string of the molecule is COc1c(CN2O[C@@H](CO)[C@H]([C@H](C)O)[C@H]2C(=O)N[C@H]2C[C@@H]3C[C@@H]([C@@H]2C)C3(C)C)cccc1-c1cc(C(=O)N2C[C@@H]2C(=O)N2CCOCC2)cc(N(C)C)c1. The van der Waals surface area contributed by atoms with Gasteiger partial charge in [-0.15, -0.1) is 0 Å². The number of hydrogen-bond acceptors (Lipinski definition) is 10. The second-order valence-electron chi connectivity index (χ2n) is 16.8. The van der Waals surface area contributed by atoms with Crippen LogP contribution in [0.2, 0.25) is 0 Å². The molecule has 6 fully saturated rings. The molecule has 3 saturated heterocycles. The molecule has 3 aliphatic carbocycles. The molecular formula is C41H57N5O8. The number of anilines is 1. The van der Waals surface area contributed by atoms with Gasteiger partial charge in [-0.1, -0.05) is 39.0 Å². The van der Waals surface area contributed by atoms with Crippen LogP contribution >= 0.6 is 0 Å². The van der Waals surface area contributed by atoms with Crippen molar-refractivity contribution in [1.82, 2.24) is 20.2 Å². The smallest absolute Gasteiger partial charge is 0.254 e. The van der Waals surface area contributed by atoms with E-state index in [9.17, 15) is 24.6 Å². The number of ether oxygens (including phenoxy) is 2. The van der Waals surface area contributed by atoms with E-state index in [0.29, 0.717) is 61.9 Å². The Hall–Kier alpha value is -3.75. The number of fused-ring (bicyclic) bond motifs is 2. The number of para-hydroxylation sites is 1. The highest BCUT2D eigenvalue weighted by molar-refractivity contribution is 6.02. The van der Waals surface area contributed by atoms with Crippen molar-refractivity contribution in [2.75, 3.05) is 65.6 Å². The maximum Gasteiger partial charge on any atom is 0.254 e. The van der Waals surface area contributed by atoms with Crippen molar-refractivity contribution in [3.63, 3.8) is 0 Å². The monoisotopic (exact) mass is 747 g/mol. The van der Waals surface area contributed by atoms with E-state index < -0.39 is 30.2 Å². The van der Waals surface area contributed by atoms with Crippen molar-refractivity contribution in [3.8, 4) is 16.9 Å². The van der Waals surface area contributed by atoms with Crippen LogP contribution in [0.15, 0.2) is 36.4 Å². The van der Waals surface area contributed by atoms with Gasteiger partial charge in [0, 0.05) is 61.5 Å². The van der Waals surface area contributed by atoms with E-state index in [-0.39, 0.29) is 42.3 Å². The van der Waals surface area contributed by atoms with Crippen molar-refractivity contribution >= 4 is 23.4 Å². The average molecular weight is 748 g/mol. The van der Waals surface area contributed by atoms with Crippen molar-refractivity contribution in [2.24, 2.45) is 29.1 Å². The summed E-state index contributed by atoms with van der Waals surface area (Å²) in [6, 6.07) is 10.1. The Morgan fingerprint density at radius 1 is 1.11 bits per heavy atom. The Balaban J connectivity index is 1.15. The summed E-state index contributed by atoms with van der Waals surface area (Å²) < 4.78 is 11.5. The van der Waals surface area contributed by atoms with Crippen LogP contribution in [0.25, 0.3) is 11.1 Å². The number of hydrogen-bond donors (Lipinski definition) is 3. The minimum Gasteiger partial charge on any atom is -0.496 e. The topological polar surface area (TPSA) is 144 Å². The molecule has 294 valence electrons. The molecule has 54 heavy (non-hydrogen) atoms. The summed E-state index contributed by atoms with van der Waals surface area (Å²) in [5.74, 6) is 0.843. The standard InChI is InChI=1S/C41H57N5O8/c1-23-31-18-28(41(31,3)4)19-32(23)42-38(49)36-35(24(2)48)34(22-47)54-46(36)20-25-9-8-10-30(37(25)52-7)26-15-27(17-29(16-26)43(5)6)39(50)45-21-33(45)40(51)44-11-13-53-14-12-44/h8-10,15-17,23-24,28,31-36,47-48H,11-14,18-22H2,1-7H3,(H,42,49)/t23-,24-,28-,31-,32-,33+,34-,35-,36-,45?/m0/s1. The zero-order valence-corrected chi connectivity index (χ0v) is 32.7. The maximum atomic E-state index is 14.3. The first-order chi connectivity index (χ1) is 25.7. The van der Waals surface area contributed by atoms with E-state index in [0.717, 1.165) is 28.8 Å². The second kappa shape index (κ2) is 15.1. The molecule has 3 saturated carbocycles. The van der Waals surface area contributed by atoms with Gasteiger partial charge in [0.25, 0.3) is 5.91 Å². The third-order valence-corrected chi connectivity index (χ3v) is 13.2. The van der Waals surface area contributed by atoms with Crippen molar-refractivity contribution < 1.29 is 38.9 Å². The third kappa shape index (κ3) is 6.98. The molecular weight excluding hydrogens is 690 g/mol. The number of rotatable bonds is 11. The molecule has 0 spiro atoms. The summed E-state index contributed by atoms with van der Waals surface area (Å²) in [6.45, 7) is 10.8. The van der Waals surface area contributed by atoms with Crippen LogP contribution in [-0.4, -0.2) is 134 Å². The summed E-state index contributed by atoms with van der Waals surface area (Å²) in [5.41, 5.74) is 3.77. The molecule has 3 aliphatic heterocycles. The van der Waals surface area contributed by atoms with Gasteiger partial charge in [0.1, 0.15) is 23.9 Å². The number of carbonyl (C=O) groups excluding carboxylic acids is 3. The highest BCUT2D eigenvalue weighted by atomic mass is 16.7. The average Bonchev–Trinajstić information content (AvgIpc) is 3.88. The predicted molar refractivity (Wildman–Crippen MR) is 203 cm³/mol. The van der Waals surface area contributed by atoms with Gasteiger partial charge in [0.15, 0.2) is 0 Å². The first-order valence-electron chi connectivity index (χ1n) is 19.4. The fraction of sp³-hybridized carbons (Fsp3) is 0.634. The highest BCUT2D eigenvalue weighted by Crippen LogP contribution is 2.61. The Bertz CT molecular complexity index is 1740. The van der Waals surface area contributed by atoms with E-state index in [2.05, 4.69) is 26.1 Å².